The molecule has 0 bridgehead atoms. The SMILES string of the molecule is CC1SCCN(CCNCCCN(C)C)C1C. The second-order valence-corrected chi connectivity index (χ2v) is 6.74. The standard InChI is InChI=1S/C13H29N3S/c1-12-13(2)17-11-10-16(12)9-7-14-6-5-8-15(3)4/h12-14H,5-11H2,1-4H3. The zero-order valence-electron chi connectivity index (χ0n) is 11.9. The van der Waals surface area contributed by atoms with E-state index in [0.29, 0.717) is 0 Å². The lowest BCUT2D eigenvalue weighted by Crippen LogP contribution is -2.47. The molecule has 1 aliphatic heterocycles. The molecule has 102 valence electrons. The van der Waals surface area contributed by atoms with Crippen molar-refractivity contribution in [2.75, 3.05) is 52.6 Å². The van der Waals surface area contributed by atoms with Crippen molar-refractivity contribution < 1.29 is 0 Å². The Morgan fingerprint density at radius 3 is 2.76 bits per heavy atom. The second-order valence-electron chi connectivity index (χ2n) is 5.26. The number of thioether (sulfide) groups is 1. The fourth-order valence-corrected chi connectivity index (χ4v) is 3.34. The largest absolute Gasteiger partial charge is 0.315 e. The summed E-state index contributed by atoms with van der Waals surface area (Å²) in [4.78, 5) is 4.87. The van der Waals surface area contributed by atoms with Crippen molar-refractivity contribution in [2.24, 2.45) is 0 Å². The third-order valence-corrected chi connectivity index (χ3v) is 4.89. The van der Waals surface area contributed by atoms with Gasteiger partial charge in [-0.3, -0.25) is 4.90 Å². The van der Waals surface area contributed by atoms with Gasteiger partial charge in [0.25, 0.3) is 0 Å². The Morgan fingerprint density at radius 1 is 1.29 bits per heavy atom. The van der Waals surface area contributed by atoms with Gasteiger partial charge in [0.1, 0.15) is 0 Å². The maximum atomic E-state index is 3.55. The molecule has 0 saturated carbocycles. The Hall–Kier alpha value is 0.230. The summed E-state index contributed by atoms with van der Waals surface area (Å²) < 4.78 is 0. The Morgan fingerprint density at radius 2 is 2.06 bits per heavy atom. The van der Waals surface area contributed by atoms with Gasteiger partial charge in [-0.2, -0.15) is 11.8 Å². The maximum absolute atomic E-state index is 3.55. The maximum Gasteiger partial charge on any atom is 0.0184 e. The third kappa shape index (κ3) is 6.09. The van der Waals surface area contributed by atoms with Crippen molar-refractivity contribution in [3.05, 3.63) is 0 Å². The van der Waals surface area contributed by atoms with Gasteiger partial charge in [-0.1, -0.05) is 6.92 Å². The van der Waals surface area contributed by atoms with Crippen molar-refractivity contribution in [1.29, 1.82) is 0 Å². The summed E-state index contributed by atoms with van der Waals surface area (Å²) in [6.45, 7) is 10.6. The minimum Gasteiger partial charge on any atom is -0.315 e. The number of nitrogens with zero attached hydrogens (tertiary/aromatic N) is 2. The molecule has 0 aliphatic carbocycles. The molecule has 1 rings (SSSR count). The zero-order valence-corrected chi connectivity index (χ0v) is 12.7. The smallest absolute Gasteiger partial charge is 0.0184 e. The summed E-state index contributed by atoms with van der Waals surface area (Å²) in [5, 5.41) is 4.34. The van der Waals surface area contributed by atoms with Crippen LogP contribution in [-0.2, 0) is 0 Å². The van der Waals surface area contributed by atoms with Crippen molar-refractivity contribution in [1.82, 2.24) is 15.1 Å². The molecular weight excluding hydrogens is 230 g/mol. The van der Waals surface area contributed by atoms with Crippen LogP contribution in [0.4, 0.5) is 0 Å². The summed E-state index contributed by atoms with van der Waals surface area (Å²) in [5.74, 6) is 1.30. The van der Waals surface area contributed by atoms with Gasteiger partial charge in [-0.25, -0.2) is 0 Å². The second kappa shape index (κ2) is 8.35. The molecule has 1 saturated heterocycles. The molecule has 1 fully saturated rings. The molecule has 3 nitrogen and oxygen atoms in total. The first kappa shape index (κ1) is 15.3. The molecule has 0 aromatic carbocycles. The average Bonchev–Trinajstić information content (AvgIpc) is 2.28. The van der Waals surface area contributed by atoms with Crippen molar-refractivity contribution in [3.63, 3.8) is 0 Å². The van der Waals surface area contributed by atoms with E-state index < -0.39 is 0 Å². The highest BCUT2D eigenvalue weighted by Crippen LogP contribution is 2.23. The first-order chi connectivity index (χ1) is 8.11. The van der Waals surface area contributed by atoms with E-state index in [4.69, 9.17) is 0 Å². The number of hydrogen-bond acceptors (Lipinski definition) is 4. The molecule has 17 heavy (non-hydrogen) atoms. The summed E-state index contributed by atoms with van der Waals surface area (Å²) in [6, 6.07) is 0.734. The lowest BCUT2D eigenvalue weighted by molar-refractivity contribution is 0.213. The molecule has 2 unspecified atom stereocenters. The molecule has 0 radical (unpaired) electrons. The fraction of sp³-hybridized carbons (Fsp3) is 1.00. The van der Waals surface area contributed by atoms with Gasteiger partial charge >= 0.3 is 0 Å². The molecule has 0 aromatic rings. The van der Waals surface area contributed by atoms with Gasteiger partial charge in [0.05, 0.1) is 0 Å². The van der Waals surface area contributed by atoms with Gasteiger partial charge in [-0.15, -0.1) is 0 Å². The van der Waals surface area contributed by atoms with E-state index in [1.54, 1.807) is 0 Å². The summed E-state index contributed by atoms with van der Waals surface area (Å²) in [7, 11) is 4.27. The first-order valence-electron chi connectivity index (χ1n) is 6.82. The average molecular weight is 259 g/mol. The highest BCUT2D eigenvalue weighted by atomic mass is 32.2. The van der Waals surface area contributed by atoms with Crippen LogP contribution in [0.3, 0.4) is 0 Å². The molecule has 4 heteroatoms. The van der Waals surface area contributed by atoms with Crippen molar-refractivity contribution in [3.8, 4) is 0 Å². The zero-order chi connectivity index (χ0) is 12.7. The number of hydrogen-bond donors (Lipinski definition) is 1. The van der Waals surface area contributed by atoms with E-state index >= 15 is 0 Å². The molecular formula is C13H29N3S. The van der Waals surface area contributed by atoms with Crippen LogP contribution in [0.2, 0.25) is 0 Å². The molecule has 1 aliphatic rings. The van der Waals surface area contributed by atoms with E-state index in [1.807, 2.05) is 0 Å². The Labute approximate surface area is 111 Å². The van der Waals surface area contributed by atoms with E-state index in [1.165, 1.54) is 31.8 Å². The minimum absolute atomic E-state index is 0.734. The Balaban J connectivity index is 2.02. The van der Waals surface area contributed by atoms with Crippen LogP contribution in [-0.4, -0.2) is 73.7 Å². The minimum atomic E-state index is 0.734. The predicted molar refractivity (Wildman–Crippen MR) is 79.0 cm³/mol. The van der Waals surface area contributed by atoms with Crippen LogP contribution in [0.5, 0.6) is 0 Å². The van der Waals surface area contributed by atoms with E-state index in [2.05, 4.69) is 54.8 Å². The van der Waals surface area contributed by atoms with Crippen LogP contribution in [0.25, 0.3) is 0 Å². The van der Waals surface area contributed by atoms with Gasteiger partial charge in [0.2, 0.25) is 0 Å². The van der Waals surface area contributed by atoms with Crippen molar-refractivity contribution in [2.45, 2.75) is 31.6 Å². The van der Waals surface area contributed by atoms with Gasteiger partial charge in [0.15, 0.2) is 0 Å². The van der Waals surface area contributed by atoms with Crippen molar-refractivity contribution >= 4 is 11.8 Å². The lowest BCUT2D eigenvalue weighted by atomic mass is 10.2. The van der Waals surface area contributed by atoms with Gasteiger partial charge in [-0.05, 0) is 40.5 Å². The van der Waals surface area contributed by atoms with Gasteiger partial charge < -0.3 is 10.2 Å². The highest BCUT2D eigenvalue weighted by molar-refractivity contribution is 8.00. The van der Waals surface area contributed by atoms with Crippen LogP contribution >= 0.6 is 11.8 Å². The van der Waals surface area contributed by atoms with Crippen LogP contribution in [0.1, 0.15) is 20.3 Å². The third-order valence-electron chi connectivity index (χ3n) is 3.55. The summed E-state index contributed by atoms with van der Waals surface area (Å²) in [5.41, 5.74) is 0. The quantitative estimate of drug-likeness (QED) is 0.696. The number of rotatable bonds is 7. The van der Waals surface area contributed by atoms with Crippen LogP contribution < -0.4 is 5.32 Å². The van der Waals surface area contributed by atoms with E-state index in [0.717, 1.165) is 24.4 Å². The Kier molecular flexibility index (Phi) is 7.51. The first-order valence-corrected chi connectivity index (χ1v) is 7.87. The normalized spacial score (nSPS) is 26.6. The van der Waals surface area contributed by atoms with E-state index in [-0.39, 0.29) is 0 Å². The van der Waals surface area contributed by atoms with Gasteiger partial charge in [0, 0.05) is 36.7 Å². The molecule has 0 spiro atoms. The summed E-state index contributed by atoms with van der Waals surface area (Å²) >= 11 is 2.11. The van der Waals surface area contributed by atoms with Crippen LogP contribution in [0, 0.1) is 0 Å². The molecule has 1 heterocycles. The lowest BCUT2D eigenvalue weighted by Gasteiger charge is -2.37. The van der Waals surface area contributed by atoms with Crippen LogP contribution in [0.15, 0.2) is 0 Å². The fourth-order valence-electron chi connectivity index (χ4n) is 2.18. The Bertz CT molecular complexity index is 199. The molecule has 0 aromatic heterocycles. The topological polar surface area (TPSA) is 18.5 Å². The van der Waals surface area contributed by atoms with E-state index in [9.17, 15) is 0 Å². The molecule has 1 N–H and O–H groups in total. The molecule has 0 amide bonds. The number of nitrogens with one attached hydrogen (secondary N) is 1. The molecule has 2 atom stereocenters. The monoisotopic (exact) mass is 259 g/mol. The highest BCUT2D eigenvalue weighted by Gasteiger charge is 2.24. The summed E-state index contributed by atoms with van der Waals surface area (Å²) in [6.07, 6.45) is 1.24. The predicted octanol–water partition coefficient (Wildman–Crippen LogP) is 1.35.